The van der Waals surface area contributed by atoms with Crippen molar-refractivity contribution in [2.24, 2.45) is 0 Å². The van der Waals surface area contributed by atoms with Gasteiger partial charge in [-0.05, 0) is 67.6 Å². The summed E-state index contributed by atoms with van der Waals surface area (Å²) in [7, 11) is 1.61. The van der Waals surface area contributed by atoms with Crippen LogP contribution in [0, 0.1) is 13.8 Å². The molecule has 0 saturated carbocycles. The highest BCUT2D eigenvalue weighted by Gasteiger charge is 2.43. The molecule has 0 aliphatic carbocycles. The Balaban J connectivity index is 1.83. The van der Waals surface area contributed by atoms with Gasteiger partial charge in [-0.15, -0.1) is 0 Å². The van der Waals surface area contributed by atoms with Gasteiger partial charge in [0.1, 0.15) is 11.4 Å². The smallest absolute Gasteiger partial charge is 0.282 e. The first-order valence-electron chi connectivity index (χ1n) is 9.60. The molecule has 0 N–H and O–H groups in total. The molecule has 0 bridgehead atoms. The summed E-state index contributed by atoms with van der Waals surface area (Å²) in [6.07, 6.45) is 2.06. The number of likely N-dealkylation sites (tertiary alicyclic amines) is 1. The number of aryl methyl sites for hydroxylation is 2. The second-order valence-electron chi connectivity index (χ2n) is 7.44. The summed E-state index contributed by atoms with van der Waals surface area (Å²) in [5, 5.41) is 0. The zero-order valence-corrected chi connectivity index (χ0v) is 16.5. The number of methoxy groups -OCH3 is 1. The predicted octanol–water partition coefficient (Wildman–Crippen LogP) is 3.69. The van der Waals surface area contributed by atoms with Crippen LogP contribution < -0.4 is 9.64 Å². The molecule has 2 heterocycles. The molecule has 0 spiro atoms. The van der Waals surface area contributed by atoms with Gasteiger partial charge in [-0.2, -0.15) is 0 Å². The molecule has 2 aromatic rings. The molecule has 0 aromatic heterocycles. The van der Waals surface area contributed by atoms with E-state index >= 15 is 0 Å². The molecule has 0 atom stereocenters. The molecule has 28 heavy (non-hydrogen) atoms. The Morgan fingerprint density at radius 1 is 0.857 bits per heavy atom. The molecule has 4 rings (SSSR count). The Morgan fingerprint density at radius 3 is 2.04 bits per heavy atom. The summed E-state index contributed by atoms with van der Waals surface area (Å²) in [5.74, 6) is 0.222. The predicted molar refractivity (Wildman–Crippen MR) is 109 cm³/mol. The monoisotopic (exact) mass is 376 g/mol. The number of carbonyl (C=O) groups excluding carboxylic acids is 2. The maximum atomic E-state index is 13.5. The maximum absolute atomic E-state index is 13.5. The fourth-order valence-corrected chi connectivity index (χ4v) is 4.08. The number of carbonyl (C=O) groups is 2. The minimum Gasteiger partial charge on any atom is -0.497 e. The van der Waals surface area contributed by atoms with E-state index < -0.39 is 0 Å². The van der Waals surface area contributed by atoms with Crippen molar-refractivity contribution in [3.63, 3.8) is 0 Å². The number of rotatable bonds is 4. The Bertz CT molecular complexity index is 950. The lowest BCUT2D eigenvalue weighted by Crippen LogP contribution is -2.34. The number of hydrogen-bond donors (Lipinski definition) is 0. The third kappa shape index (κ3) is 3.07. The fraction of sp³-hybridized carbons (Fsp3) is 0.304. The van der Waals surface area contributed by atoms with Crippen molar-refractivity contribution in [3.05, 3.63) is 64.9 Å². The van der Waals surface area contributed by atoms with E-state index in [1.165, 1.54) is 4.90 Å². The van der Waals surface area contributed by atoms with Gasteiger partial charge in [0.05, 0.1) is 18.4 Å². The number of ether oxygens (including phenoxy) is 1. The van der Waals surface area contributed by atoms with Crippen molar-refractivity contribution >= 4 is 23.1 Å². The van der Waals surface area contributed by atoms with E-state index in [4.69, 9.17) is 4.74 Å². The minimum atomic E-state index is -0.262. The quantitative estimate of drug-likeness (QED) is 0.764. The summed E-state index contributed by atoms with van der Waals surface area (Å²) in [6, 6.07) is 13.2. The first-order chi connectivity index (χ1) is 13.5. The van der Waals surface area contributed by atoms with E-state index in [1.54, 1.807) is 7.11 Å². The third-order valence-electron chi connectivity index (χ3n) is 5.33. The van der Waals surface area contributed by atoms with Crippen molar-refractivity contribution in [1.82, 2.24) is 4.90 Å². The molecule has 2 aliphatic rings. The maximum Gasteiger partial charge on any atom is 0.282 e. The van der Waals surface area contributed by atoms with Gasteiger partial charge < -0.3 is 9.64 Å². The molecule has 0 radical (unpaired) electrons. The molecule has 5 nitrogen and oxygen atoms in total. The third-order valence-corrected chi connectivity index (χ3v) is 5.33. The van der Waals surface area contributed by atoms with Gasteiger partial charge in [-0.1, -0.05) is 18.2 Å². The van der Waals surface area contributed by atoms with E-state index in [-0.39, 0.29) is 11.8 Å². The van der Waals surface area contributed by atoms with E-state index in [0.29, 0.717) is 17.0 Å². The van der Waals surface area contributed by atoms with Crippen LogP contribution >= 0.6 is 0 Å². The summed E-state index contributed by atoms with van der Waals surface area (Å²) < 4.78 is 5.23. The number of nitrogens with zero attached hydrogens (tertiary/aromatic N) is 2. The van der Waals surface area contributed by atoms with Gasteiger partial charge in [0.15, 0.2) is 0 Å². The highest BCUT2D eigenvalue weighted by atomic mass is 16.5. The number of anilines is 1. The lowest BCUT2D eigenvalue weighted by molar-refractivity contribution is -0.120. The first kappa shape index (κ1) is 18.3. The Labute approximate surface area is 165 Å². The molecular weight excluding hydrogens is 352 g/mol. The number of hydrogen-bond acceptors (Lipinski definition) is 4. The van der Waals surface area contributed by atoms with Crippen LogP contribution in [0.2, 0.25) is 0 Å². The molecule has 1 saturated heterocycles. The molecule has 144 valence electrons. The summed E-state index contributed by atoms with van der Waals surface area (Å²) in [5.41, 5.74) is 4.42. The molecule has 0 unspecified atom stereocenters. The van der Waals surface area contributed by atoms with E-state index in [2.05, 4.69) is 4.90 Å². The zero-order chi connectivity index (χ0) is 19.8. The van der Waals surface area contributed by atoms with Gasteiger partial charge in [-0.3, -0.25) is 9.59 Å². The zero-order valence-electron chi connectivity index (χ0n) is 16.5. The highest BCUT2D eigenvalue weighted by molar-refractivity contribution is 6.45. The average molecular weight is 376 g/mol. The fourth-order valence-electron chi connectivity index (χ4n) is 4.08. The van der Waals surface area contributed by atoms with Crippen LogP contribution in [0.15, 0.2) is 48.2 Å². The Kier molecular flexibility index (Phi) is 4.67. The minimum absolute atomic E-state index is 0.234. The van der Waals surface area contributed by atoms with Gasteiger partial charge >= 0.3 is 0 Å². The number of imide groups is 1. The lowest BCUT2D eigenvalue weighted by atomic mass is 10.0. The van der Waals surface area contributed by atoms with E-state index in [9.17, 15) is 9.59 Å². The topological polar surface area (TPSA) is 49.9 Å². The van der Waals surface area contributed by atoms with Crippen LogP contribution in [0.1, 0.15) is 29.5 Å². The van der Waals surface area contributed by atoms with E-state index in [1.807, 2.05) is 56.3 Å². The standard InChI is InChI=1S/C23H24N2O3/c1-15-12-16(2)14-18(13-15)25-22(26)20(17-6-8-19(28-3)9-7-17)21(23(25)27)24-10-4-5-11-24/h6-9,12-14H,4-5,10-11H2,1-3H3. The van der Waals surface area contributed by atoms with Crippen LogP contribution in [0.25, 0.3) is 5.57 Å². The van der Waals surface area contributed by atoms with Gasteiger partial charge in [0.2, 0.25) is 0 Å². The van der Waals surface area contributed by atoms with Gasteiger partial charge in [0.25, 0.3) is 11.8 Å². The SMILES string of the molecule is COc1ccc(C2=C(N3CCCC3)C(=O)N(c3cc(C)cc(C)c3)C2=O)cc1. The second kappa shape index (κ2) is 7.15. The lowest BCUT2D eigenvalue weighted by Gasteiger charge is -2.20. The van der Waals surface area contributed by atoms with Crippen molar-refractivity contribution in [3.8, 4) is 5.75 Å². The van der Waals surface area contributed by atoms with Crippen LogP contribution in [0.3, 0.4) is 0 Å². The first-order valence-corrected chi connectivity index (χ1v) is 9.60. The normalized spacial score (nSPS) is 17.1. The summed E-state index contributed by atoms with van der Waals surface area (Å²) >= 11 is 0. The highest BCUT2D eigenvalue weighted by Crippen LogP contribution is 2.37. The van der Waals surface area contributed by atoms with Gasteiger partial charge in [-0.25, -0.2) is 4.90 Å². The number of benzene rings is 2. The van der Waals surface area contributed by atoms with Crippen molar-refractivity contribution in [2.75, 3.05) is 25.1 Å². The molecule has 2 aliphatic heterocycles. The molecule has 5 heteroatoms. The number of amides is 2. The van der Waals surface area contributed by atoms with Crippen LogP contribution in [-0.4, -0.2) is 36.9 Å². The van der Waals surface area contributed by atoms with Crippen LogP contribution in [-0.2, 0) is 9.59 Å². The van der Waals surface area contributed by atoms with Crippen LogP contribution in [0.5, 0.6) is 5.75 Å². The second-order valence-corrected chi connectivity index (χ2v) is 7.44. The molecule has 2 amide bonds. The average Bonchev–Trinajstić information content (AvgIpc) is 3.27. The molecular formula is C23H24N2O3. The Hall–Kier alpha value is -3.08. The largest absolute Gasteiger partial charge is 0.497 e. The van der Waals surface area contributed by atoms with E-state index in [0.717, 1.165) is 48.4 Å². The summed E-state index contributed by atoms with van der Waals surface area (Å²) in [4.78, 5) is 30.2. The Morgan fingerprint density at radius 2 is 1.46 bits per heavy atom. The van der Waals surface area contributed by atoms with Gasteiger partial charge in [0, 0.05) is 13.1 Å². The van der Waals surface area contributed by atoms with Crippen LogP contribution in [0.4, 0.5) is 5.69 Å². The van der Waals surface area contributed by atoms with Crippen molar-refractivity contribution in [1.29, 1.82) is 0 Å². The summed E-state index contributed by atoms with van der Waals surface area (Å²) in [6.45, 7) is 5.55. The molecule has 2 aromatic carbocycles. The molecule has 1 fully saturated rings. The van der Waals surface area contributed by atoms with Crippen molar-refractivity contribution < 1.29 is 14.3 Å². The van der Waals surface area contributed by atoms with Crippen molar-refractivity contribution in [2.45, 2.75) is 26.7 Å².